The van der Waals surface area contributed by atoms with E-state index < -0.39 is 8.80 Å². The molecule has 0 rings (SSSR count). The van der Waals surface area contributed by atoms with Crippen molar-refractivity contribution in [3.63, 3.8) is 0 Å². The molecule has 0 unspecified atom stereocenters. The molecule has 0 bridgehead atoms. The van der Waals surface area contributed by atoms with Gasteiger partial charge >= 0.3 is 8.80 Å². The Kier molecular flexibility index (Phi) is 19.8. The van der Waals surface area contributed by atoms with Gasteiger partial charge in [0.05, 0.1) is 0 Å². The van der Waals surface area contributed by atoms with Gasteiger partial charge in [-0.05, 0) is 19.4 Å². The highest BCUT2D eigenvalue weighted by atomic mass is 28.4. The third-order valence-corrected chi connectivity index (χ3v) is 8.00. The van der Waals surface area contributed by atoms with E-state index in [1.807, 2.05) is 0 Å². The molecule has 158 valence electrons. The lowest BCUT2D eigenvalue weighted by atomic mass is 10.0. The van der Waals surface area contributed by atoms with Crippen molar-refractivity contribution < 1.29 is 13.3 Å². The molecule has 0 amide bonds. The average Bonchev–Trinajstić information content (AvgIpc) is 2.68. The number of hydrogen-bond acceptors (Lipinski definition) is 5. The van der Waals surface area contributed by atoms with Gasteiger partial charge in [0, 0.05) is 34.0 Å². The fourth-order valence-electron chi connectivity index (χ4n) is 3.37. The largest absolute Gasteiger partial charge is 0.500 e. The van der Waals surface area contributed by atoms with E-state index in [0.717, 1.165) is 19.0 Å². The molecule has 0 aromatic heterocycles. The number of unbranched alkanes of at least 4 members (excludes halogenated alkanes) is 13. The molecule has 0 spiro atoms. The molecular formula is C20H46N2O3Si. The zero-order chi connectivity index (χ0) is 19.3. The van der Waals surface area contributed by atoms with Crippen LogP contribution >= 0.6 is 0 Å². The highest BCUT2D eigenvalue weighted by Crippen LogP contribution is 2.18. The molecule has 5 nitrogen and oxygen atoms in total. The highest BCUT2D eigenvalue weighted by molar-refractivity contribution is 6.60. The van der Waals surface area contributed by atoms with Crippen molar-refractivity contribution in [2.75, 3.05) is 34.5 Å². The molecule has 0 saturated heterocycles. The monoisotopic (exact) mass is 390 g/mol. The minimum absolute atomic E-state index is 0.609. The summed E-state index contributed by atoms with van der Waals surface area (Å²) in [5.74, 6) is 0. The van der Waals surface area contributed by atoms with Gasteiger partial charge in [-0.25, -0.2) is 0 Å². The van der Waals surface area contributed by atoms with Gasteiger partial charge in [-0.2, -0.15) is 0 Å². The second-order valence-corrected chi connectivity index (χ2v) is 10.3. The predicted octanol–water partition coefficient (Wildman–Crippen LogP) is 4.83. The molecule has 3 N–H and O–H groups in total. The minimum atomic E-state index is -2.33. The predicted molar refractivity (Wildman–Crippen MR) is 113 cm³/mol. The average molecular weight is 391 g/mol. The van der Waals surface area contributed by atoms with Crippen molar-refractivity contribution in [3.05, 3.63) is 0 Å². The zero-order valence-electron chi connectivity index (χ0n) is 17.8. The van der Waals surface area contributed by atoms with Crippen LogP contribution in [0.5, 0.6) is 0 Å². The summed E-state index contributed by atoms with van der Waals surface area (Å²) in [5, 5.41) is 3.17. The molecule has 0 saturated carbocycles. The van der Waals surface area contributed by atoms with Crippen LogP contribution in [-0.2, 0) is 13.3 Å². The summed E-state index contributed by atoms with van der Waals surface area (Å²) in [7, 11) is 2.75. The Balaban J connectivity index is 3.20. The summed E-state index contributed by atoms with van der Waals surface area (Å²) in [6, 6.07) is 0.931. The second-order valence-electron chi connectivity index (χ2n) is 7.20. The summed E-state index contributed by atoms with van der Waals surface area (Å²) in [5.41, 5.74) is 5.40. The standard InChI is InChI=1S/C20H46N2O3Si/c1-23-26(24-2,25-3)19-17-15-13-11-9-7-5-4-6-8-10-12-14-16-18-22-20-21/h22H,4-21H2,1-3H3. The summed E-state index contributed by atoms with van der Waals surface area (Å²) >= 11 is 0. The maximum atomic E-state index is 5.45. The maximum absolute atomic E-state index is 5.45. The fraction of sp³-hybridized carbons (Fsp3) is 1.00. The van der Waals surface area contributed by atoms with E-state index in [1.165, 1.54) is 83.5 Å². The molecule has 0 aliphatic carbocycles. The third-order valence-electron chi connectivity index (χ3n) is 5.16. The molecular weight excluding hydrogens is 344 g/mol. The van der Waals surface area contributed by atoms with Crippen LogP contribution in [0.1, 0.15) is 89.9 Å². The van der Waals surface area contributed by atoms with Crippen LogP contribution in [0.4, 0.5) is 0 Å². The zero-order valence-corrected chi connectivity index (χ0v) is 18.8. The summed E-state index contributed by atoms with van der Waals surface area (Å²) in [6.07, 6.45) is 18.9. The normalized spacial score (nSPS) is 12.0. The molecule has 0 aliphatic rings. The first-order chi connectivity index (χ1) is 12.7. The van der Waals surface area contributed by atoms with Crippen molar-refractivity contribution in [1.82, 2.24) is 5.32 Å². The Morgan fingerprint density at radius 1 is 0.577 bits per heavy atom. The summed E-state index contributed by atoms with van der Waals surface area (Å²) < 4.78 is 16.4. The molecule has 0 atom stereocenters. The Labute approximate surface area is 164 Å². The van der Waals surface area contributed by atoms with Crippen LogP contribution in [0.2, 0.25) is 6.04 Å². The van der Waals surface area contributed by atoms with E-state index in [4.69, 9.17) is 19.0 Å². The molecule has 0 aromatic rings. The second kappa shape index (κ2) is 19.8. The Morgan fingerprint density at radius 3 is 1.27 bits per heavy atom. The minimum Gasteiger partial charge on any atom is -0.377 e. The van der Waals surface area contributed by atoms with Gasteiger partial charge in [0.1, 0.15) is 0 Å². The van der Waals surface area contributed by atoms with Gasteiger partial charge in [0.2, 0.25) is 0 Å². The van der Waals surface area contributed by atoms with E-state index in [0.29, 0.717) is 6.67 Å². The van der Waals surface area contributed by atoms with Crippen LogP contribution < -0.4 is 11.1 Å². The number of nitrogens with two attached hydrogens (primary N) is 1. The van der Waals surface area contributed by atoms with Crippen molar-refractivity contribution >= 4 is 8.80 Å². The lowest BCUT2D eigenvalue weighted by molar-refractivity contribution is 0.122. The molecule has 0 aromatic carbocycles. The van der Waals surface area contributed by atoms with E-state index in [1.54, 1.807) is 21.3 Å². The van der Waals surface area contributed by atoms with Crippen molar-refractivity contribution in [1.29, 1.82) is 0 Å². The molecule has 0 heterocycles. The number of nitrogens with one attached hydrogen (secondary N) is 1. The van der Waals surface area contributed by atoms with E-state index in [9.17, 15) is 0 Å². The van der Waals surface area contributed by atoms with Crippen molar-refractivity contribution in [2.24, 2.45) is 5.73 Å². The molecule has 26 heavy (non-hydrogen) atoms. The van der Waals surface area contributed by atoms with Crippen LogP contribution in [0, 0.1) is 0 Å². The first kappa shape index (κ1) is 26.0. The molecule has 6 heteroatoms. The number of hydrogen-bond donors (Lipinski definition) is 2. The fourth-order valence-corrected chi connectivity index (χ4v) is 5.17. The smallest absolute Gasteiger partial charge is 0.377 e. The van der Waals surface area contributed by atoms with E-state index in [-0.39, 0.29) is 0 Å². The first-order valence-electron chi connectivity index (χ1n) is 10.8. The van der Waals surface area contributed by atoms with Crippen molar-refractivity contribution in [2.45, 2.75) is 95.9 Å². The van der Waals surface area contributed by atoms with Crippen LogP contribution in [-0.4, -0.2) is 43.3 Å². The lowest BCUT2D eigenvalue weighted by Gasteiger charge is -2.24. The highest BCUT2D eigenvalue weighted by Gasteiger charge is 2.36. The lowest BCUT2D eigenvalue weighted by Crippen LogP contribution is -2.42. The van der Waals surface area contributed by atoms with Gasteiger partial charge in [-0.3, -0.25) is 0 Å². The quantitative estimate of drug-likeness (QED) is 0.167. The number of rotatable bonds is 21. The first-order valence-corrected chi connectivity index (χ1v) is 12.7. The van der Waals surface area contributed by atoms with Gasteiger partial charge in [0.15, 0.2) is 0 Å². The van der Waals surface area contributed by atoms with E-state index in [2.05, 4.69) is 5.32 Å². The Bertz CT molecular complexity index is 272. The van der Waals surface area contributed by atoms with E-state index >= 15 is 0 Å². The molecule has 0 radical (unpaired) electrons. The SMILES string of the molecule is CO[Si](CCCCCCCCCCCCCCCCNCN)(OC)OC. The third kappa shape index (κ3) is 15.1. The van der Waals surface area contributed by atoms with Crippen LogP contribution in [0.3, 0.4) is 0 Å². The molecule has 0 aliphatic heterocycles. The molecule has 0 fully saturated rings. The summed E-state index contributed by atoms with van der Waals surface area (Å²) in [6.45, 7) is 1.68. The van der Waals surface area contributed by atoms with Gasteiger partial charge in [0.25, 0.3) is 0 Å². The van der Waals surface area contributed by atoms with Crippen LogP contribution in [0.25, 0.3) is 0 Å². The Hall–Kier alpha value is 0.0169. The Morgan fingerprint density at radius 2 is 0.923 bits per heavy atom. The maximum Gasteiger partial charge on any atom is 0.500 e. The van der Waals surface area contributed by atoms with Crippen LogP contribution in [0.15, 0.2) is 0 Å². The van der Waals surface area contributed by atoms with Gasteiger partial charge in [-0.15, -0.1) is 0 Å². The van der Waals surface area contributed by atoms with Gasteiger partial charge in [-0.1, -0.05) is 77.0 Å². The topological polar surface area (TPSA) is 65.7 Å². The van der Waals surface area contributed by atoms with Crippen molar-refractivity contribution in [3.8, 4) is 0 Å². The van der Waals surface area contributed by atoms with Gasteiger partial charge < -0.3 is 24.3 Å². The summed E-state index contributed by atoms with van der Waals surface area (Å²) in [4.78, 5) is 0.